The van der Waals surface area contributed by atoms with Crippen LogP contribution in [-0.2, 0) is 6.42 Å². The molecule has 3 rings (SSSR count). The average Bonchev–Trinajstić information content (AvgIpc) is 2.85. The number of imidazole rings is 1. The van der Waals surface area contributed by atoms with Crippen molar-refractivity contribution in [2.75, 3.05) is 5.88 Å². The molecule has 0 spiro atoms. The number of aryl methyl sites for hydroxylation is 1. The van der Waals surface area contributed by atoms with Crippen LogP contribution in [0.1, 0.15) is 37.7 Å². The summed E-state index contributed by atoms with van der Waals surface area (Å²) < 4.78 is 2.29. The van der Waals surface area contributed by atoms with Crippen molar-refractivity contribution in [2.24, 2.45) is 5.41 Å². The summed E-state index contributed by atoms with van der Waals surface area (Å²) in [6.45, 7) is 4.53. The minimum Gasteiger partial charge on any atom is -0.324 e. The number of nitrogens with zero attached hydrogens (tertiary/aromatic N) is 3. The van der Waals surface area contributed by atoms with E-state index in [4.69, 9.17) is 16.9 Å². The molecule has 1 heterocycles. The fraction of sp³-hybridized carbons (Fsp3) is 0.467. The van der Waals surface area contributed by atoms with E-state index >= 15 is 0 Å². The molecule has 98 valence electrons. The van der Waals surface area contributed by atoms with E-state index in [9.17, 15) is 0 Å². The summed E-state index contributed by atoms with van der Waals surface area (Å²) in [6, 6.07) is 8.37. The number of alkyl halides is 1. The number of hydrogen-bond acceptors (Lipinski definition) is 2. The Morgan fingerprint density at radius 2 is 2.26 bits per heavy atom. The highest BCUT2D eigenvalue weighted by Crippen LogP contribution is 2.56. The van der Waals surface area contributed by atoms with E-state index in [-0.39, 0.29) is 0 Å². The van der Waals surface area contributed by atoms with Crippen molar-refractivity contribution in [3.05, 3.63) is 29.6 Å². The lowest BCUT2D eigenvalue weighted by molar-refractivity contribution is 0.537. The average molecular weight is 274 g/mol. The highest BCUT2D eigenvalue weighted by Gasteiger charge is 2.48. The first-order valence-corrected chi connectivity index (χ1v) is 7.07. The van der Waals surface area contributed by atoms with E-state index in [2.05, 4.69) is 29.5 Å². The summed E-state index contributed by atoms with van der Waals surface area (Å²) in [4.78, 5) is 4.67. The second-order valence-electron chi connectivity index (χ2n) is 5.86. The molecule has 1 fully saturated rings. The topological polar surface area (TPSA) is 41.6 Å². The van der Waals surface area contributed by atoms with Crippen LogP contribution in [-0.4, -0.2) is 15.4 Å². The molecule has 0 radical (unpaired) electrons. The van der Waals surface area contributed by atoms with Crippen molar-refractivity contribution in [1.29, 1.82) is 5.26 Å². The highest BCUT2D eigenvalue weighted by molar-refractivity contribution is 6.17. The molecule has 4 heteroatoms. The molecule has 1 atom stereocenters. The van der Waals surface area contributed by atoms with E-state index in [1.807, 2.05) is 18.2 Å². The van der Waals surface area contributed by atoms with Crippen LogP contribution < -0.4 is 0 Å². The minimum atomic E-state index is 0.317. The monoisotopic (exact) mass is 273 g/mol. The number of aromatic nitrogens is 2. The Kier molecular flexibility index (Phi) is 2.79. The first-order valence-electron chi connectivity index (χ1n) is 6.54. The molecule has 1 aromatic heterocycles. The first kappa shape index (κ1) is 12.5. The van der Waals surface area contributed by atoms with Crippen molar-refractivity contribution < 1.29 is 0 Å². The van der Waals surface area contributed by atoms with Crippen LogP contribution in [0.2, 0.25) is 0 Å². The standard InChI is InChI=1S/C15H16ClN3/c1-15(2)8-13(15)19-12-7-10(9-17)3-4-11(12)18-14(19)5-6-16/h3-4,7,13H,5-6,8H2,1-2H3. The zero-order valence-corrected chi connectivity index (χ0v) is 11.9. The molecule has 1 unspecified atom stereocenters. The van der Waals surface area contributed by atoms with Gasteiger partial charge in [0.1, 0.15) is 5.82 Å². The van der Waals surface area contributed by atoms with Crippen LogP contribution in [0.15, 0.2) is 18.2 Å². The van der Waals surface area contributed by atoms with Crippen molar-refractivity contribution in [1.82, 2.24) is 9.55 Å². The van der Waals surface area contributed by atoms with Crippen LogP contribution in [0.3, 0.4) is 0 Å². The number of fused-ring (bicyclic) bond motifs is 1. The third kappa shape index (κ3) is 2.01. The number of nitriles is 1. The van der Waals surface area contributed by atoms with Crippen molar-refractivity contribution >= 4 is 22.6 Å². The molecule has 0 N–H and O–H groups in total. The van der Waals surface area contributed by atoms with Crippen molar-refractivity contribution in [3.63, 3.8) is 0 Å². The van der Waals surface area contributed by atoms with Gasteiger partial charge in [-0.3, -0.25) is 0 Å². The molecule has 2 aromatic rings. The minimum absolute atomic E-state index is 0.317. The molecule has 3 nitrogen and oxygen atoms in total. The maximum Gasteiger partial charge on any atom is 0.111 e. The second kappa shape index (κ2) is 4.25. The van der Waals surface area contributed by atoms with Gasteiger partial charge in [-0.2, -0.15) is 5.26 Å². The molecular weight excluding hydrogens is 258 g/mol. The van der Waals surface area contributed by atoms with Gasteiger partial charge < -0.3 is 4.57 Å². The lowest BCUT2D eigenvalue weighted by Crippen LogP contribution is -2.06. The third-order valence-corrected chi connectivity index (χ3v) is 4.17. The Balaban J connectivity index is 2.19. The summed E-state index contributed by atoms with van der Waals surface area (Å²) in [5.41, 5.74) is 3.03. The van der Waals surface area contributed by atoms with Crippen LogP contribution in [0.4, 0.5) is 0 Å². The van der Waals surface area contributed by atoms with E-state index < -0.39 is 0 Å². The maximum atomic E-state index is 9.05. The molecule has 0 saturated heterocycles. The smallest absolute Gasteiger partial charge is 0.111 e. The molecule has 1 aromatic carbocycles. The normalized spacial score (nSPS) is 20.4. The van der Waals surface area contributed by atoms with Gasteiger partial charge in [-0.1, -0.05) is 13.8 Å². The Hall–Kier alpha value is -1.53. The third-order valence-electron chi connectivity index (χ3n) is 3.98. The summed E-state index contributed by atoms with van der Waals surface area (Å²) in [5.74, 6) is 1.61. The first-order chi connectivity index (χ1) is 9.06. The quantitative estimate of drug-likeness (QED) is 0.801. The maximum absolute atomic E-state index is 9.05. The van der Waals surface area contributed by atoms with Gasteiger partial charge in [0.25, 0.3) is 0 Å². The van der Waals surface area contributed by atoms with E-state index in [0.717, 1.165) is 29.7 Å². The predicted octanol–water partition coefficient (Wildman–Crippen LogP) is 3.66. The predicted molar refractivity (Wildman–Crippen MR) is 76.3 cm³/mol. The summed E-state index contributed by atoms with van der Waals surface area (Å²) in [7, 11) is 0. The van der Waals surface area contributed by atoms with Crippen LogP contribution in [0.5, 0.6) is 0 Å². The van der Waals surface area contributed by atoms with Crippen LogP contribution in [0, 0.1) is 16.7 Å². The number of halogens is 1. The van der Waals surface area contributed by atoms with Gasteiger partial charge in [-0.25, -0.2) is 4.98 Å². The van der Waals surface area contributed by atoms with Crippen LogP contribution >= 0.6 is 11.6 Å². The molecule has 19 heavy (non-hydrogen) atoms. The summed E-state index contributed by atoms with van der Waals surface area (Å²) in [5, 5.41) is 9.05. The Bertz CT molecular complexity index is 678. The second-order valence-corrected chi connectivity index (χ2v) is 6.24. The Morgan fingerprint density at radius 1 is 1.53 bits per heavy atom. The van der Waals surface area contributed by atoms with Gasteiger partial charge in [0.2, 0.25) is 0 Å². The lowest BCUT2D eigenvalue weighted by atomic mass is 10.1. The molecule has 1 aliphatic carbocycles. The highest BCUT2D eigenvalue weighted by atomic mass is 35.5. The number of benzene rings is 1. The SMILES string of the molecule is CC1(C)CC1n1c(CCCl)nc2ccc(C#N)cc21. The summed E-state index contributed by atoms with van der Waals surface area (Å²) >= 11 is 5.88. The van der Waals surface area contributed by atoms with Gasteiger partial charge in [-0.15, -0.1) is 11.6 Å². The fourth-order valence-corrected chi connectivity index (χ4v) is 2.87. The summed E-state index contributed by atoms with van der Waals surface area (Å²) in [6.07, 6.45) is 1.93. The zero-order chi connectivity index (χ0) is 13.6. The zero-order valence-electron chi connectivity index (χ0n) is 11.2. The Labute approximate surface area is 117 Å². The molecule has 0 bridgehead atoms. The van der Waals surface area contributed by atoms with Crippen molar-refractivity contribution in [3.8, 4) is 6.07 Å². The van der Waals surface area contributed by atoms with Gasteiger partial charge in [0.15, 0.2) is 0 Å². The number of rotatable bonds is 3. The lowest BCUT2D eigenvalue weighted by Gasteiger charge is -2.10. The van der Waals surface area contributed by atoms with Crippen molar-refractivity contribution in [2.45, 2.75) is 32.7 Å². The number of hydrogen-bond donors (Lipinski definition) is 0. The van der Waals surface area contributed by atoms with Gasteiger partial charge in [0, 0.05) is 18.3 Å². The van der Waals surface area contributed by atoms with Gasteiger partial charge in [0.05, 0.1) is 22.7 Å². The molecular formula is C15H16ClN3. The molecule has 1 aliphatic rings. The van der Waals surface area contributed by atoms with E-state index in [1.54, 1.807) is 0 Å². The molecule has 1 saturated carbocycles. The van der Waals surface area contributed by atoms with E-state index in [0.29, 0.717) is 22.9 Å². The Morgan fingerprint density at radius 3 is 2.84 bits per heavy atom. The van der Waals surface area contributed by atoms with Crippen LogP contribution in [0.25, 0.3) is 11.0 Å². The largest absolute Gasteiger partial charge is 0.324 e. The van der Waals surface area contributed by atoms with E-state index in [1.165, 1.54) is 0 Å². The fourth-order valence-electron chi connectivity index (χ4n) is 2.70. The van der Waals surface area contributed by atoms with Gasteiger partial charge >= 0.3 is 0 Å². The van der Waals surface area contributed by atoms with Gasteiger partial charge in [-0.05, 0) is 30.0 Å². The molecule has 0 amide bonds. The molecule has 0 aliphatic heterocycles.